The fourth-order valence-electron chi connectivity index (χ4n) is 1.56. The van der Waals surface area contributed by atoms with Gasteiger partial charge in [-0.3, -0.25) is 5.10 Å². The predicted octanol–water partition coefficient (Wildman–Crippen LogP) is 3.89. The Morgan fingerprint density at radius 1 is 1.35 bits per heavy atom. The third-order valence-corrected chi connectivity index (χ3v) is 3.13. The highest BCUT2D eigenvalue weighted by molar-refractivity contribution is 14.1. The number of benzene rings is 1. The summed E-state index contributed by atoms with van der Waals surface area (Å²) in [4.78, 5) is 0. The molecule has 5 heteroatoms. The molecule has 0 aliphatic carbocycles. The zero-order chi connectivity index (χ0) is 12.4. The van der Waals surface area contributed by atoms with Crippen molar-refractivity contribution < 1.29 is 9.13 Å². The van der Waals surface area contributed by atoms with Gasteiger partial charge in [-0.15, -0.1) is 5.10 Å². The van der Waals surface area contributed by atoms with E-state index in [2.05, 4.69) is 32.8 Å². The SMILES string of the molecule is Cc1cc(Oc2c(C)cc(CF)cc2I)n[nH]1. The smallest absolute Gasteiger partial charge is 0.238 e. The van der Waals surface area contributed by atoms with Crippen molar-refractivity contribution >= 4 is 22.6 Å². The van der Waals surface area contributed by atoms with Crippen molar-refractivity contribution in [3.8, 4) is 11.6 Å². The van der Waals surface area contributed by atoms with E-state index in [4.69, 9.17) is 4.74 Å². The van der Waals surface area contributed by atoms with Crippen LogP contribution in [0.15, 0.2) is 18.2 Å². The highest BCUT2D eigenvalue weighted by atomic mass is 127. The Labute approximate surface area is 113 Å². The number of halogens is 2. The number of aryl methyl sites for hydroxylation is 2. The molecule has 0 amide bonds. The maximum Gasteiger partial charge on any atom is 0.238 e. The number of nitrogens with zero attached hydrogens (tertiary/aromatic N) is 1. The molecule has 0 spiro atoms. The van der Waals surface area contributed by atoms with E-state index in [-0.39, 0.29) is 0 Å². The maximum absolute atomic E-state index is 12.6. The summed E-state index contributed by atoms with van der Waals surface area (Å²) in [6.07, 6.45) is 0. The van der Waals surface area contributed by atoms with Gasteiger partial charge >= 0.3 is 0 Å². The van der Waals surface area contributed by atoms with E-state index < -0.39 is 6.67 Å². The van der Waals surface area contributed by atoms with Gasteiger partial charge in [-0.1, -0.05) is 0 Å². The molecule has 0 unspecified atom stereocenters. The van der Waals surface area contributed by atoms with E-state index in [1.165, 1.54) is 0 Å². The first kappa shape index (κ1) is 12.3. The molecule has 0 saturated heterocycles. The second kappa shape index (κ2) is 5.03. The lowest BCUT2D eigenvalue weighted by Gasteiger charge is -2.09. The first-order valence-electron chi connectivity index (χ1n) is 5.15. The highest BCUT2D eigenvalue weighted by Gasteiger charge is 2.10. The number of aromatic nitrogens is 2. The quantitative estimate of drug-likeness (QED) is 0.857. The van der Waals surface area contributed by atoms with Crippen LogP contribution in [0, 0.1) is 17.4 Å². The Morgan fingerprint density at radius 3 is 2.65 bits per heavy atom. The molecular weight excluding hydrogens is 334 g/mol. The van der Waals surface area contributed by atoms with Crippen molar-refractivity contribution in [1.29, 1.82) is 0 Å². The van der Waals surface area contributed by atoms with E-state index in [0.29, 0.717) is 11.4 Å². The zero-order valence-electron chi connectivity index (χ0n) is 9.55. The van der Waals surface area contributed by atoms with Gasteiger partial charge < -0.3 is 4.74 Å². The van der Waals surface area contributed by atoms with E-state index in [9.17, 15) is 4.39 Å². The summed E-state index contributed by atoms with van der Waals surface area (Å²) in [7, 11) is 0. The van der Waals surface area contributed by atoms with Crippen molar-refractivity contribution in [3.63, 3.8) is 0 Å². The molecule has 1 N–H and O–H groups in total. The molecule has 1 aromatic heterocycles. The molecule has 0 aliphatic rings. The molecule has 0 radical (unpaired) electrons. The van der Waals surface area contributed by atoms with Crippen molar-refractivity contribution in [2.45, 2.75) is 20.5 Å². The van der Waals surface area contributed by atoms with Crippen LogP contribution in [-0.4, -0.2) is 10.2 Å². The highest BCUT2D eigenvalue weighted by Crippen LogP contribution is 2.31. The lowest BCUT2D eigenvalue weighted by Crippen LogP contribution is -1.93. The Hall–Kier alpha value is -1.11. The number of H-pyrrole nitrogens is 1. The molecule has 3 nitrogen and oxygen atoms in total. The normalized spacial score (nSPS) is 10.6. The molecule has 17 heavy (non-hydrogen) atoms. The molecule has 0 bridgehead atoms. The molecule has 0 aliphatic heterocycles. The Bertz CT molecular complexity index is 516. The second-order valence-corrected chi connectivity index (χ2v) is 5.01. The van der Waals surface area contributed by atoms with Gasteiger partial charge in [0, 0.05) is 11.8 Å². The Balaban J connectivity index is 2.33. The van der Waals surface area contributed by atoms with Crippen molar-refractivity contribution in [2.24, 2.45) is 0 Å². The number of hydrogen-bond donors (Lipinski definition) is 1. The van der Waals surface area contributed by atoms with Gasteiger partial charge in [0.2, 0.25) is 5.88 Å². The van der Waals surface area contributed by atoms with E-state index in [1.807, 2.05) is 19.9 Å². The zero-order valence-corrected chi connectivity index (χ0v) is 11.7. The van der Waals surface area contributed by atoms with Crippen molar-refractivity contribution in [3.05, 3.63) is 38.6 Å². The summed E-state index contributed by atoms with van der Waals surface area (Å²) in [5, 5.41) is 6.82. The van der Waals surface area contributed by atoms with Crippen LogP contribution >= 0.6 is 22.6 Å². The molecule has 90 valence electrons. The molecule has 2 rings (SSSR count). The summed E-state index contributed by atoms with van der Waals surface area (Å²) in [6, 6.07) is 5.39. The van der Waals surface area contributed by atoms with Gasteiger partial charge in [0.25, 0.3) is 0 Å². The van der Waals surface area contributed by atoms with Crippen molar-refractivity contribution in [2.75, 3.05) is 0 Å². The van der Waals surface area contributed by atoms with Gasteiger partial charge in [-0.2, -0.15) is 0 Å². The fourth-order valence-corrected chi connectivity index (χ4v) is 2.49. The maximum atomic E-state index is 12.6. The summed E-state index contributed by atoms with van der Waals surface area (Å²) >= 11 is 2.14. The average molecular weight is 346 g/mol. The summed E-state index contributed by atoms with van der Waals surface area (Å²) in [6.45, 7) is 3.35. The van der Waals surface area contributed by atoms with E-state index in [0.717, 1.165) is 20.6 Å². The Kier molecular flexibility index (Phi) is 3.66. The van der Waals surface area contributed by atoms with Crippen LogP contribution in [0.25, 0.3) is 0 Å². The Morgan fingerprint density at radius 2 is 2.12 bits per heavy atom. The van der Waals surface area contributed by atoms with E-state index in [1.54, 1.807) is 12.1 Å². The van der Waals surface area contributed by atoms with E-state index >= 15 is 0 Å². The molecule has 1 heterocycles. The largest absolute Gasteiger partial charge is 0.436 e. The lowest BCUT2D eigenvalue weighted by atomic mass is 10.1. The number of rotatable bonds is 3. The third-order valence-electron chi connectivity index (χ3n) is 2.33. The lowest BCUT2D eigenvalue weighted by molar-refractivity contribution is 0.452. The molecule has 0 fully saturated rings. The third kappa shape index (κ3) is 2.77. The van der Waals surface area contributed by atoms with Gasteiger partial charge in [0.1, 0.15) is 12.4 Å². The molecular formula is C12H12FIN2O. The fraction of sp³-hybridized carbons (Fsp3) is 0.250. The standard InChI is InChI=1S/C12H12FIN2O/c1-7-3-9(6-13)5-10(14)12(7)17-11-4-8(2)15-16-11/h3-5H,6H2,1-2H3,(H,15,16). The van der Waals surface area contributed by atoms with Crippen LogP contribution in [0.2, 0.25) is 0 Å². The van der Waals surface area contributed by atoms with Crippen LogP contribution in [0.4, 0.5) is 4.39 Å². The first-order valence-corrected chi connectivity index (χ1v) is 6.23. The van der Waals surface area contributed by atoms with Crippen LogP contribution in [-0.2, 0) is 6.67 Å². The average Bonchev–Trinajstić information content (AvgIpc) is 2.69. The molecule has 1 aromatic carbocycles. The number of hydrogen-bond acceptors (Lipinski definition) is 2. The summed E-state index contributed by atoms with van der Waals surface area (Å²) in [5.74, 6) is 1.26. The summed E-state index contributed by atoms with van der Waals surface area (Å²) in [5.41, 5.74) is 2.51. The second-order valence-electron chi connectivity index (χ2n) is 3.85. The van der Waals surface area contributed by atoms with Crippen LogP contribution in [0.5, 0.6) is 11.6 Å². The number of alkyl halides is 1. The summed E-state index contributed by atoms with van der Waals surface area (Å²) < 4.78 is 19.2. The minimum Gasteiger partial charge on any atom is -0.436 e. The van der Waals surface area contributed by atoms with Gasteiger partial charge in [0.05, 0.1) is 3.57 Å². The topological polar surface area (TPSA) is 37.9 Å². The van der Waals surface area contributed by atoms with Crippen LogP contribution in [0.3, 0.4) is 0 Å². The van der Waals surface area contributed by atoms with Crippen LogP contribution < -0.4 is 4.74 Å². The number of ether oxygens (including phenoxy) is 1. The molecule has 0 saturated carbocycles. The van der Waals surface area contributed by atoms with Gasteiger partial charge in [-0.05, 0) is 59.7 Å². The molecule has 2 aromatic rings. The predicted molar refractivity (Wildman–Crippen MR) is 72.1 cm³/mol. The molecule has 0 atom stereocenters. The van der Waals surface area contributed by atoms with Crippen molar-refractivity contribution in [1.82, 2.24) is 10.2 Å². The van der Waals surface area contributed by atoms with Gasteiger partial charge in [-0.25, -0.2) is 4.39 Å². The monoisotopic (exact) mass is 346 g/mol. The van der Waals surface area contributed by atoms with Gasteiger partial charge in [0.15, 0.2) is 0 Å². The minimum atomic E-state index is -0.460. The number of aromatic amines is 1. The first-order chi connectivity index (χ1) is 8.10. The number of nitrogens with one attached hydrogen (secondary N) is 1. The minimum absolute atomic E-state index is 0.460. The van der Waals surface area contributed by atoms with Crippen LogP contribution in [0.1, 0.15) is 16.8 Å².